The highest BCUT2D eigenvalue weighted by Gasteiger charge is 2.28. The maximum Gasteiger partial charge on any atom is 0.446 e. The molecule has 2 rings (SSSR count). The van der Waals surface area contributed by atoms with E-state index >= 15 is 0 Å². The first-order valence-corrected chi connectivity index (χ1v) is 6.90. The van der Waals surface area contributed by atoms with E-state index in [-0.39, 0.29) is 16.7 Å². The van der Waals surface area contributed by atoms with Crippen molar-refractivity contribution in [2.75, 3.05) is 5.32 Å². The third-order valence-electron chi connectivity index (χ3n) is 2.67. The summed E-state index contributed by atoms with van der Waals surface area (Å²) < 4.78 is 38.5. The summed E-state index contributed by atoms with van der Waals surface area (Å²) >= 11 is -0.111. The lowest BCUT2D eigenvalue weighted by Gasteiger charge is -2.09. The molecule has 0 saturated heterocycles. The smallest absolute Gasteiger partial charge is 0.379 e. The molecule has 20 heavy (non-hydrogen) atoms. The van der Waals surface area contributed by atoms with E-state index in [0.717, 1.165) is 17.9 Å². The highest BCUT2D eigenvalue weighted by Crippen LogP contribution is 2.37. The van der Waals surface area contributed by atoms with Gasteiger partial charge >= 0.3 is 5.51 Å². The number of nitrogens with zero attached hydrogens (tertiary/aromatic N) is 2. The zero-order valence-corrected chi connectivity index (χ0v) is 11.6. The van der Waals surface area contributed by atoms with Gasteiger partial charge in [0.25, 0.3) is 0 Å². The molecule has 1 aromatic carbocycles. The highest BCUT2D eigenvalue weighted by atomic mass is 32.2. The van der Waals surface area contributed by atoms with Crippen molar-refractivity contribution in [2.45, 2.75) is 30.4 Å². The topological polar surface area (TPSA) is 29.9 Å². The molecule has 108 valence electrons. The normalized spacial score (nSPS) is 11.6. The number of hydrogen-bond donors (Lipinski definition) is 1. The molecule has 1 heterocycles. The average molecular weight is 301 g/mol. The number of rotatable bonds is 5. The van der Waals surface area contributed by atoms with Crippen LogP contribution >= 0.6 is 11.8 Å². The van der Waals surface area contributed by atoms with Crippen molar-refractivity contribution in [3.05, 3.63) is 42.2 Å². The van der Waals surface area contributed by atoms with Crippen LogP contribution in [0, 0.1) is 0 Å². The van der Waals surface area contributed by atoms with Gasteiger partial charge in [-0.25, -0.2) is 0 Å². The van der Waals surface area contributed by atoms with Gasteiger partial charge in [0.2, 0.25) is 0 Å². The van der Waals surface area contributed by atoms with Crippen molar-refractivity contribution < 1.29 is 13.2 Å². The van der Waals surface area contributed by atoms with Crippen LogP contribution < -0.4 is 5.32 Å². The molecule has 2 aromatic rings. The zero-order chi connectivity index (χ0) is 14.6. The Labute approximate surface area is 119 Å². The SMILES string of the molecule is CCn1nccc1CNc1ccc(SC(F)(F)F)cc1. The van der Waals surface area contributed by atoms with Gasteiger partial charge in [-0.15, -0.1) is 0 Å². The lowest BCUT2D eigenvalue weighted by Crippen LogP contribution is -2.07. The summed E-state index contributed by atoms with van der Waals surface area (Å²) in [7, 11) is 0. The number of nitrogens with one attached hydrogen (secondary N) is 1. The minimum Gasteiger partial charge on any atom is -0.379 e. The second-order valence-electron chi connectivity index (χ2n) is 4.06. The molecule has 0 aliphatic heterocycles. The molecule has 0 amide bonds. The van der Waals surface area contributed by atoms with E-state index in [1.807, 2.05) is 17.7 Å². The average Bonchev–Trinajstić information content (AvgIpc) is 2.83. The summed E-state index contributed by atoms with van der Waals surface area (Å²) in [5.74, 6) is 0. The van der Waals surface area contributed by atoms with E-state index in [9.17, 15) is 13.2 Å². The summed E-state index contributed by atoms with van der Waals surface area (Å²) in [4.78, 5) is 0.182. The van der Waals surface area contributed by atoms with Crippen LogP contribution in [0.15, 0.2) is 41.4 Å². The number of anilines is 1. The van der Waals surface area contributed by atoms with E-state index < -0.39 is 5.51 Å². The Hall–Kier alpha value is -1.63. The van der Waals surface area contributed by atoms with Crippen molar-refractivity contribution in [1.82, 2.24) is 9.78 Å². The number of thioether (sulfide) groups is 1. The van der Waals surface area contributed by atoms with Crippen molar-refractivity contribution >= 4 is 17.4 Å². The van der Waals surface area contributed by atoms with Gasteiger partial charge in [-0.2, -0.15) is 18.3 Å². The fraction of sp³-hybridized carbons (Fsp3) is 0.308. The number of alkyl halides is 3. The predicted octanol–water partition coefficient (Wildman–Crippen LogP) is 4.13. The van der Waals surface area contributed by atoms with Crippen molar-refractivity contribution in [1.29, 1.82) is 0 Å². The number of aryl methyl sites for hydroxylation is 1. The zero-order valence-electron chi connectivity index (χ0n) is 10.8. The van der Waals surface area contributed by atoms with Gasteiger partial charge in [0.15, 0.2) is 0 Å². The Morgan fingerprint density at radius 2 is 1.90 bits per heavy atom. The minimum absolute atomic E-state index is 0.111. The predicted molar refractivity (Wildman–Crippen MR) is 73.6 cm³/mol. The van der Waals surface area contributed by atoms with Crippen LogP contribution in [0.5, 0.6) is 0 Å². The summed E-state index contributed by atoms with van der Waals surface area (Å²) in [5, 5.41) is 7.31. The number of benzene rings is 1. The Bertz CT molecular complexity index is 549. The fourth-order valence-corrected chi connectivity index (χ4v) is 2.30. The molecule has 1 aromatic heterocycles. The third kappa shape index (κ3) is 4.19. The Balaban J connectivity index is 1.94. The monoisotopic (exact) mass is 301 g/mol. The molecular weight excluding hydrogens is 287 g/mol. The van der Waals surface area contributed by atoms with Gasteiger partial charge in [-0.3, -0.25) is 4.68 Å². The fourth-order valence-electron chi connectivity index (χ4n) is 1.76. The maximum absolute atomic E-state index is 12.2. The van der Waals surface area contributed by atoms with Crippen molar-refractivity contribution in [2.24, 2.45) is 0 Å². The first-order valence-electron chi connectivity index (χ1n) is 6.08. The molecule has 0 radical (unpaired) electrons. The second kappa shape index (κ2) is 6.21. The molecule has 0 spiro atoms. The van der Waals surface area contributed by atoms with Crippen molar-refractivity contribution in [3.63, 3.8) is 0 Å². The first-order chi connectivity index (χ1) is 9.48. The molecule has 0 aliphatic rings. The molecule has 0 atom stereocenters. The van der Waals surface area contributed by atoms with E-state index in [4.69, 9.17) is 0 Å². The molecule has 0 bridgehead atoms. The standard InChI is InChI=1S/C13H14F3N3S/c1-2-19-11(7-8-18-19)9-17-10-3-5-12(6-4-10)20-13(14,15)16/h3-8,17H,2,9H2,1H3. The maximum atomic E-state index is 12.2. The summed E-state index contributed by atoms with van der Waals surface area (Å²) in [5.41, 5.74) is -2.44. The van der Waals surface area contributed by atoms with Crippen molar-refractivity contribution in [3.8, 4) is 0 Å². The number of hydrogen-bond acceptors (Lipinski definition) is 3. The molecule has 1 N–H and O–H groups in total. The van der Waals surface area contributed by atoms with Crippen LogP contribution in [0.2, 0.25) is 0 Å². The Morgan fingerprint density at radius 3 is 2.50 bits per heavy atom. The van der Waals surface area contributed by atoms with Crippen LogP contribution in [0.1, 0.15) is 12.6 Å². The first kappa shape index (κ1) is 14.8. The number of halogens is 3. The van der Waals surface area contributed by atoms with Crippen LogP contribution in [0.25, 0.3) is 0 Å². The van der Waals surface area contributed by atoms with E-state index in [2.05, 4.69) is 10.4 Å². The number of aromatic nitrogens is 2. The van der Waals surface area contributed by atoms with Gasteiger partial charge in [0.1, 0.15) is 0 Å². The molecule has 0 aliphatic carbocycles. The summed E-state index contributed by atoms with van der Waals surface area (Å²) in [6.07, 6.45) is 1.73. The Kier molecular flexibility index (Phi) is 4.59. The third-order valence-corrected chi connectivity index (χ3v) is 3.40. The van der Waals surface area contributed by atoms with Crippen LogP contribution in [0.4, 0.5) is 18.9 Å². The molecule has 3 nitrogen and oxygen atoms in total. The quantitative estimate of drug-likeness (QED) is 0.842. The van der Waals surface area contributed by atoms with E-state index in [1.54, 1.807) is 18.3 Å². The molecule has 7 heteroatoms. The molecule has 0 saturated carbocycles. The van der Waals surface area contributed by atoms with E-state index in [1.165, 1.54) is 12.1 Å². The Morgan fingerprint density at radius 1 is 1.20 bits per heavy atom. The molecule has 0 fully saturated rings. The molecular formula is C13H14F3N3S. The van der Waals surface area contributed by atoms with Crippen LogP contribution in [-0.4, -0.2) is 15.3 Å². The lowest BCUT2D eigenvalue weighted by molar-refractivity contribution is -0.0328. The minimum atomic E-state index is -4.25. The lowest BCUT2D eigenvalue weighted by atomic mass is 10.3. The van der Waals surface area contributed by atoms with Gasteiger partial charge in [-0.1, -0.05) is 0 Å². The summed E-state index contributed by atoms with van der Waals surface area (Å²) in [6.45, 7) is 3.37. The van der Waals surface area contributed by atoms with Crippen LogP contribution in [-0.2, 0) is 13.1 Å². The molecule has 0 unspecified atom stereocenters. The second-order valence-corrected chi connectivity index (χ2v) is 5.20. The highest BCUT2D eigenvalue weighted by molar-refractivity contribution is 8.00. The van der Waals surface area contributed by atoms with Gasteiger partial charge in [-0.05, 0) is 49.0 Å². The van der Waals surface area contributed by atoms with Gasteiger partial charge < -0.3 is 5.32 Å². The van der Waals surface area contributed by atoms with Gasteiger partial charge in [0.05, 0.1) is 12.2 Å². The van der Waals surface area contributed by atoms with Crippen LogP contribution in [0.3, 0.4) is 0 Å². The van der Waals surface area contributed by atoms with E-state index in [0.29, 0.717) is 6.54 Å². The van der Waals surface area contributed by atoms with Gasteiger partial charge in [0, 0.05) is 23.3 Å². The summed E-state index contributed by atoms with van der Waals surface area (Å²) in [6, 6.07) is 8.10. The largest absolute Gasteiger partial charge is 0.446 e.